The van der Waals surface area contributed by atoms with Crippen LogP contribution in [0.4, 0.5) is 0 Å². The van der Waals surface area contributed by atoms with Crippen molar-refractivity contribution in [2.24, 2.45) is 5.92 Å². The molecule has 34 heavy (non-hydrogen) atoms. The Morgan fingerprint density at radius 3 is 2.21 bits per heavy atom. The number of nitrogens with zero attached hydrogens (tertiary/aromatic N) is 1. The minimum Gasteiger partial charge on any atom is -0.497 e. The number of sulfonamides is 1. The molecule has 0 spiro atoms. The second-order valence-electron chi connectivity index (χ2n) is 8.22. The van der Waals surface area contributed by atoms with Gasteiger partial charge < -0.3 is 14.6 Å². The van der Waals surface area contributed by atoms with Crippen molar-refractivity contribution in [2.75, 3.05) is 7.11 Å². The molecule has 0 saturated heterocycles. The van der Waals surface area contributed by atoms with E-state index in [-0.39, 0.29) is 22.9 Å². The predicted octanol–water partition coefficient (Wildman–Crippen LogP) is 2.52. The fourth-order valence-electron chi connectivity index (χ4n) is 3.33. The summed E-state index contributed by atoms with van der Waals surface area (Å²) in [6, 6.07) is 17.6. The smallest absolute Gasteiger partial charge is 0.250 e. The van der Waals surface area contributed by atoms with E-state index in [9.17, 15) is 18.0 Å². The number of nitrogens with one attached hydrogen (secondary N) is 2. The summed E-state index contributed by atoms with van der Waals surface area (Å²) in [5, 5.41) is 2.81. The molecule has 2 N–H and O–H groups in total. The first kappa shape index (κ1) is 25.2. The maximum absolute atomic E-state index is 12.8. The molecule has 180 valence electrons. The van der Waals surface area contributed by atoms with Crippen molar-refractivity contribution in [2.45, 2.75) is 37.9 Å². The van der Waals surface area contributed by atoms with Crippen LogP contribution in [0.15, 0.2) is 82.6 Å². The Morgan fingerprint density at radius 1 is 0.971 bits per heavy atom. The molecular weight excluding hydrogens is 454 g/mol. The Morgan fingerprint density at radius 2 is 1.62 bits per heavy atom. The fraction of sp³-hybridized carbons (Fsp3) is 0.280. The van der Waals surface area contributed by atoms with Crippen molar-refractivity contribution >= 4 is 15.9 Å². The minimum absolute atomic E-state index is 0.0554. The molecule has 0 unspecified atom stereocenters. The van der Waals surface area contributed by atoms with E-state index in [4.69, 9.17) is 4.74 Å². The Bertz CT molecular complexity index is 1270. The molecule has 1 atom stereocenters. The number of benzene rings is 2. The molecule has 3 aromatic rings. The zero-order chi connectivity index (χ0) is 24.7. The van der Waals surface area contributed by atoms with Crippen LogP contribution in [0.2, 0.25) is 0 Å². The van der Waals surface area contributed by atoms with Crippen molar-refractivity contribution < 1.29 is 17.9 Å². The maximum atomic E-state index is 12.8. The van der Waals surface area contributed by atoms with Crippen molar-refractivity contribution in [1.29, 1.82) is 0 Å². The molecule has 9 heteroatoms. The van der Waals surface area contributed by atoms with Gasteiger partial charge in [-0.05, 0) is 47.4 Å². The highest BCUT2D eigenvalue weighted by Gasteiger charge is 2.28. The molecule has 8 nitrogen and oxygen atoms in total. The number of hydrogen-bond acceptors (Lipinski definition) is 5. The topological polar surface area (TPSA) is 106 Å². The summed E-state index contributed by atoms with van der Waals surface area (Å²) in [7, 11) is -2.39. The number of hydrogen-bond donors (Lipinski definition) is 2. The molecule has 0 saturated carbocycles. The number of rotatable bonds is 10. The summed E-state index contributed by atoms with van der Waals surface area (Å²) in [5.74, 6) is -0.134. The Labute approximate surface area is 199 Å². The van der Waals surface area contributed by atoms with Gasteiger partial charge in [0.1, 0.15) is 11.8 Å². The lowest BCUT2D eigenvalue weighted by molar-refractivity contribution is -0.123. The van der Waals surface area contributed by atoms with Gasteiger partial charge >= 0.3 is 0 Å². The summed E-state index contributed by atoms with van der Waals surface area (Å²) in [6.07, 6.45) is 1.73. The highest BCUT2D eigenvalue weighted by molar-refractivity contribution is 7.89. The van der Waals surface area contributed by atoms with Crippen molar-refractivity contribution in [3.63, 3.8) is 0 Å². The van der Waals surface area contributed by atoms with Gasteiger partial charge in [-0.2, -0.15) is 4.72 Å². The minimum atomic E-state index is -3.89. The molecule has 3 rings (SSSR count). The van der Waals surface area contributed by atoms with Crippen LogP contribution in [0, 0.1) is 5.92 Å². The van der Waals surface area contributed by atoms with Gasteiger partial charge in [0.15, 0.2) is 0 Å². The third kappa shape index (κ3) is 6.55. The second kappa shape index (κ2) is 11.1. The van der Waals surface area contributed by atoms with Crippen molar-refractivity contribution in [3.8, 4) is 5.75 Å². The molecule has 0 aliphatic heterocycles. The average Bonchev–Trinajstić information content (AvgIpc) is 2.83. The largest absolute Gasteiger partial charge is 0.497 e. The Hall–Kier alpha value is -3.43. The SMILES string of the molecule is COc1ccc(S(=O)(=O)N[C@H](C(=O)NCc2ccc(Cn3ccccc3=O)cc2)C(C)C)cc1. The van der Waals surface area contributed by atoms with Crippen molar-refractivity contribution in [3.05, 3.63) is 94.4 Å². The Kier molecular flexibility index (Phi) is 8.25. The zero-order valence-corrected chi connectivity index (χ0v) is 20.2. The summed E-state index contributed by atoms with van der Waals surface area (Å²) < 4.78 is 34.7. The second-order valence-corrected chi connectivity index (χ2v) is 9.93. The van der Waals surface area contributed by atoms with Gasteiger partial charge in [0, 0.05) is 18.8 Å². The third-order valence-electron chi connectivity index (χ3n) is 5.34. The zero-order valence-electron chi connectivity index (χ0n) is 19.4. The van der Waals surface area contributed by atoms with Gasteiger partial charge in [-0.1, -0.05) is 44.2 Å². The number of methoxy groups -OCH3 is 1. The molecule has 0 aliphatic rings. The first-order chi connectivity index (χ1) is 16.2. The predicted molar refractivity (Wildman–Crippen MR) is 130 cm³/mol. The molecule has 0 radical (unpaired) electrons. The van der Waals surface area contributed by atoms with E-state index in [0.717, 1.165) is 11.1 Å². The lowest BCUT2D eigenvalue weighted by atomic mass is 10.0. The van der Waals surface area contributed by atoms with Crippen LogP contribution >= 0.6 is 0 Å². The van der Waals surface area contributed by atoms with Crippen LogP contribution in [-0.2, 0) is 27.9 Å². The Balaban J connectivity index is 1.62. The monoisotopic (exact) mass is 483 g/mol. The maximum Gasteiger partial charge on any atom is 0.250 e. The first-order valence-corrected chi connectivity index (χ1v) is 12.4. The van der Waals surface area contributed by atoms with Gasteiger partial charge in [-0.15, -0.1) is 0 Å². The number of carbonyl (C=O) groups excluding carboxylic acids is 1. The third-order valence-corrected chi connectivity index (χ3v) is 6.80. The summed E-state index contributed by atoms with van der Waals surface area (Å²) >= 11 is 0. The highest BCUT2D eigenvalue weighted by Crippen LogP contribution is 2.17. The van der Waals surface area contributed by atoms with E-state index >= 15 is 0 Å². The van der Waals surface area contributed by atoms with Gasteiger partial charge in [-0.25, -0.2) is 8.42 Å². The molecule has 1 amide bonds. The van der Waals surface area contributed by atoms with E-state index in [0.29, 0.717) is 12.3 Å². The van der Waals surface area contributed by atoms with E-state index in [1.165, 1.54) is 25.3 Å². The first-order valence-electron chi connectivity index (χ1n) is 10.9. The van der Waals surface area contributed by atoms with Gasteiger partial charge in [0.2, 0.25) is 15.9 Å². The number of carbonyl (C=O) groups is 1. The molecule has 1 aromatic heterocycles. The quantitative estimate of drug-likeness (QED) is 0.461. The van der Waals surface area contributed by atoms with Crippen LogP contribution < -0.4 is 20.3 Å². The number of ether oxygens (including phenoxy) is 1. The van der Waals surface area contributed by atoms with Gasteiger partial charge in [0.05, 0.1) is 18.6 Å². The van der Waals surface area contributed by atoms with Crippen LogP contribution in [0.5, 0.6) is 5.75 Å². The average molecular weight is 484 g/mol. The van der Waals surface area contributed by atoms with Crippen LogP contribution in [0.3, 0.4) is 0 Å². The number of pyridine rings is 1. The van der Waals surface area contributed by atoms with E-state index in [2.05, 4.69) is 10.0 Å². The van der Waals surface area contributed by atoms with E-state index < -0.39 is 22.0 Å². The lowest BCUT2D eigenvalue weighted by Gasteiger charge is -2.22. The summed E-state index contributed by atoms with van der Waals surface area (Å²) in [6.45, 7) is 4.26. The molecule has 1 heterocycles. The number of amides is 1. The van der Waals surface area contributed by atoms with Crippen molar-refractivity contribution in [1.82, 2.24) is 14.6 Å². The van der Waals surface area contributed by atoms with Crippen LogP contribution in [0.1, 0.15) is 25.0 Å². The lowest BCUT2D eigenvalue weighted by Crippen LogP contribution is -2.49. The normalized spacial score (nSPS) is 12.4. The van der Waals surface area contributed by atoms with Gasteiger partial charge in [0.25, 0.3) is 5.56 Å². The summed E-state index contributed by atoms with van der Waals surface area (Å²) in [4.78, 5) is 24.7. The van der Waals surface area contributed by atoms with Crippen LogP contribution in [-0.4, -0.2) is 32.0 Å². The number of aromatic nitrogens is 1. The summed E-state index contributed by atoms with van der Waals surface area (Å²) in [5.41, 5.74) is 1.74. The van der Waals surface area contributed by atoms with Crippen LogP contribution in [0.25, 0.3) is 0 Å². The standard InChI is InChI=1S/C25H29N3O5S/c1-18(2)24(27-34(31,32)22-13-11-21(33-3)12-14-22)25(30)26-16-19-7-9-20(10-8-19)17-28-15-5-4-6-23(28)29/h4-15,18,24,27H,16-17H2,1-3H3,(H,26,30)/t24-/m0/s1. The molecule has 0 bridgehead atoms. The highest BCUT2D eigenvalue weighted by atomic mass is 32.2. The fourth-order valence-corrected chi connectivity index (χ4v) is 4.68. The molecule has 2 aromatic carbocycles. The molecule has 0 aliphatic carbocycles. The molecule has 0 fully saturated rings. The molecular formula is C25H29N3O5S. The van der Waals surface area contributed by atoms with E-state index in [1.807, 2.05) is 24.3 Å². The van der Waals surface area contributed by atoms with Gasteiger partial charge in [-0.3, -0.25) is 9.59 Å². The van der Waals surface area contributed by atoms with E-state index in [1.54, 1.807) is 48.9 Å².